The summed E-state index contributed by atoms with van der Waals surface area (Å²) in [5.74, 6) is 0. The van der Waals surface area contributed by atoms with E-state index in [1.54, 1.807) is 0 Å². The van der Waals surface area contributed by atoms with E-state index in [-0.39, 0.29) is 0 Å². The van der Waals surface area contributed by atoms with Crippen molar-refractivity contribution in [2.24, 2.45) is 4.99 Å². The quantitative estimate of drug-likeness (QED) is 0.546. The summed E-state index contributed by atoms with van der Waals surface area (Å²) in [4.78, 5) is 4.20. The molecule has 0 spiro atoms. The first-order chi connectivity index (χ1) is 5.31. The highest BCUT2D eigenvalue weighted by Gasteiger charge is 1.79. The zero-order chi connectivity index (χ0) is 8.53. The van der Waals surface area contributed by atoms with E-state index in [9.17, 15) is 0 Å². The highest BCUT2D eigenvalue weighted by Crippen LogP contribution is 1.98. The molecule has 0 aliphatic rings. The fourth-order valence-corrected chi connectivity index (χ4v) is 0.653. The summed E-state index contributed by atoms with van der Waals surface area (Å²) in [6.07, 6.45) is 10.2. The second kappa shape index (κ2) is 7.26. The standard InChI is InChI=1S/C10H17N/c1-4-6-8-10(3)11-9-7-5-2/h5,7-9H,4,6H2,1-3H3/b7-5-,10-8+,11-9-. The molecule has 1 nitrogen and oxygen atoms in total. The topological polar surface area (TPSA) is 12.4 Å². The number of rotatable bonds is 4. The average Bonchev–Trinajstić information content (AvgIpc) is 2.01. The summed E-state index contributed by atoms with van der Waals surface area (Å²) in [7, 11) is 0. The van der Waals surface area contributed by atoms with Crippen LogP contribution >= 0.6 is 0 Å². The molecule has 0 saturated heterocycles. The Bertz CT molecular complexity index is 164. The van der Waals surface area contributed by atoms with E-state index >= 15 is 0 Å². The van der Waals surface area contributed by atoms with Gasteiger partial charge in [0.05, 0.1) is 0 Å². The molecule has 0 aliphatic heterocycles. The van der Waals surface area contributed by atoms with Crippen LogP contribution in [0.15, 0.2) is 28.9 Å². The Balaban J connectivity index is 3.74. The van der Waals surface area contributed by atoms with Gasteiger partial charge >= 0.3 is 0 Å². The summed E-state index contributed by atoms with van der Waals surface area (Å²) in [5, 5.41) is 0. The van der Waals surface area contributed by atoms with Gasteiger partial charge in [-0.05, 0) is 26.3 Å². The molecule has 0 radical (unpaired) electrons. The fourth-order valence-electron chi connectivity index (χ4n) is 0.653. The Morgan fingerprint density at radius 3 is 2.73 bits per heavy atom. The van der Waals surface area contributed by atoms with E-state index in [0.29, 0.717) is 0 Å². The van der Waals surface area contributed by atoms with E-state index in [4.69, 9.17) is 0 Å². The van der Waals surface area contributed by atoms with Gasteiger partial charge in [0.25, 0.3) is 0 Å². The Morgan fingerprint density at radius 1 is 1.45 bits per heavy atom. The minimum absolute atomic E-state index is 1.10. The van der Waals surface area contributed by atoms with E-state index in [1.165, 1.54) is 6.42 Å². The van der Waals surface area contributed by atoms with E-state index in [0.717, 1.165) is 12.1 Å². The first-order valence-electron chi connectivity index (χ1n) is 4.13. The molecule has 62 valence electrons. The van der Waals surface area contributed by atoms with Crippen molar-refractivity contribution >= 4 is 6.21 Å². The largest absolute Gasteiger partial charge is 0.262 e. The Kier molecular flexibility index (Phi) is 6.70. The number of unbranched alkanes of at least 4 members (excludes halogenated alkanes) is 1. The molecular weight excluding hydrogens is 134 g/mol. The molecule has 0 aromatic heterocycles. The van der Waals surface area contributed by atoms with E-state index in [2.05, 4.69) is 18.0 Å². The molecule has 0 aromatic carbocycles. The summed E-state index contributed by atoms with van der Waals surface area (Å²) in [5.41, 5.74) is 1.10. The smallest absolute Gasteiger partial charge is 0.0332 e. The van der Waals surface area contributed by atoms with Crippen LogP contribution in [0.4, 0.5) is 0 Å². The molecule has 0 N–H and O–H groups in total. The molecule has 1 heteroatoms. The number of allylic oxidation sites excluding steroid dienone is 4. The van der Waals surface area contributed by atoms with Crippen molar-refractivity contribution in [3.63, 3.8) is 0 Å². The van der Waals surface area contributed by atoms with Crippen molar-refractivity contribution in [3.8, 4) is 0 Å². The van der Waals surface area contributed by atoms with Crippen LogP contribution in [0, 0.1) is 0 Å². The SMILES string of the molecule is C\C=C/C=N\C(C)=C\CCC. The highest BCUT2D eigenvalue weighted by molar-refractivity contribution is 5.71. The van der Waals surface area contributed by atoms with Gasteiger partial charge in [-0.2, -0.15) is 0 Å². The first kappa shape index (κ1) is 10.2. The lowest BCUT2D eigenvalue weighted by Gasteiger charge is -1.89. The first-order valence-corrected chi connectivity index (χ1v) is 4.13. The van der Waals surface area contributed by atoms with Gasteiger partial charge < -0.3 is 0 Å². The van der Waals surface area contributed by atoms with Gasteiger partial charge in [0.1, 0.15) is 0 Å². The van der Waals surface area contributed by atoms with Gasteiger partial charge in [0.2, 0.25) is 0 Å². The second-order valence-corrected chi connectivity index (χ2v) is 2.44. The summed E-state index contributed by atoms with van der Waals surface area (Å²) >= 11 is 0. The number of hydrogen-bond donors (Lipinski definition) is 0. The van der Waals surface area contributed by atoms with Crippen molar-refractivity contribution in [2.75, 3.05) is 0 Å². The molecule has 0 aliphatic carbocycles. The maximum absolute atomic E-state index is 4.20. The van der Waals surface area contributed by atoms with Crippen molar-refractivity contribution in [3.05, 3.63) is 23.9 Å². The molecule has 11 heavy (non-hydrogen) atoms. The van der Waals surface area contributed by atoms with Crippen molar-refractivity contribution in [2.45, 2.75) is 33.6 Å². The van der Waals surface area contributed by atoms with Crippen LogP contribution in [0.5, 0.6) is 0 Å². The van der Waals surface area contributed by atoms with Crippen LogP contribution in [0.25, 0.3) is 0 Å². The maximum Gasteiger partial charge on any atom is 0.0332 e. The third-order valence-electron chi connectivity index (χ3n) is 1.29. The molecular formula is C10H17N. The summed E-state index contributed by atoms with van der Waals surface area (Å²) in [6, 6.07) is 0. The zero-order valence-corrected chi connectivity index (χ0v) is 7.67. The van der Waals surface area contributed by atoms with Crippen molar-refractivity contribution < 1.29 is 0 Å². The summed E-state index contributed by atoms with van der Waals surface area (Å²) < 4.78 is 0. The molecule has 0 saturated carbocycles. The third kappa shape index (κ3) is 7.04. The molecule has 0 rings (SSSR count). The minimum Gasteiger partial charge on any atom is -0.262 e. The van der Waals surface area contributed by atoms with Crippen LogP contribution < -0.4 is 0 Å². The van der Waals surface area contributed by atoms with Crippen LogP contribution in [0.1, 0.15) is 33.6 Å². The molecule has 0 amide bonds. The van der Waals surface area contributed by atoms with Gasteiger partial charge in [0, 0.05) is 11.9 Å². The lowest BCUT2D eigenvalue weighted by molar-refractivity contribution is 0.946. The predicted molar refractivity (Wildman–Crippen MR) is 52.0 cm³/mol. The predicted octanol–water partition coefficient (Wildman–Crippen LogP) is 3.34. The van der Waals surface area contributed by atoms with Crippen molar-refractivity contribution in [1.29, 1.82) is 0 Å². The normalized spacial score (nSPS) is 13.5. The Labute approximate surface area is 69.5 Å². The minimum atomic E-state index is 1.10. The molecule has 0 bridgehead atoms. The Morgan fingerprint density at radius 2 is 2.18 bits per heavy atom. The average molecular weight is 151 g/mol. The van der Waals surface area contributed by atoms with Crippen LogP contribution in [-0.2, 0) is 0 Å². The van der Waals surface area contributed by atoms with Crippen LogP contribution in [0.2, 0.25) is 0 Å². The second-order valence-electron chi connectivity index (χ2n) is 2.44. The third-order valence-corrected chi connectivity index (χ3v) is 1.29. The number of nitrogens with zero attached hydrogens (tertiary/aromatic N) is 1. The Hall–Kier alpha value is -0.850. The summed E-state index contributed by atoms with van der Waals surface area (Å²) in [6.45, 7) is 6.17. The van der Waals surface area contributed by atoms with Gasteiger partial charge in [-0.15, -0.1) is 0 Å². The molecule has 0 unspecified atom stereocenters. The fraction of sp³-hybridized carbons (Fsp3) is 0.500. The molecule has 0 fully saturated rings. The van der Waals surface area contributed by atoms with Crippen LogP contribution in [-0.4, -0.2) is 6.21 Å². The highest BCUT2D eigenvalue weighted by atomic mass is 14.7. The van der Waals surface area contributed by atoms with E-state index < -0.39 is 0 Å². The zero-order valence-electron chi connectivity index (χ0n) is 7.67. The van der Waals surface area contributed by atoms with Gasteiger partial charge in [0.15, 0.2) is 0 Å². The van der Waals surface area contributed by atoms with Gasteiger partial charge in [-0.25, -0.2) is 0 Å². The molecule has 0 heterocycles. The molecule has 0 atom stereocenters. The van der Waals surface area contributed by atoms with Crippen molar-refractivity contribution in [1.82, 2.24) is 0 Å². The number of aliphatic imine (C=N–C) groups is 1. The van der Waals surface area contributed by atoms with Gasteiger partial charge in [-0.1, -0.05) is 25.5 Å². The van der Waals surface area contributed by atoms with Gasteiger partial charge in [-0.3, -0.25) is 4.99 Å². The van der Waals surface area contributed by atoms with E-state index in [1.807, 2.05) is 32.2 Å². The van der Waals surface area contributed by atoms with Crippen LogP contribution in [0.3, 0.4) is 0 Å². The lowest BCUT2D eigenvalue weighted by Crippen LogP contribution is -1.71. The monoisotopic (exact) mass is 151 g/mol. The number of hydrogen-bond acceptors (Lipinski definition) is 1. The maximum atomic E-state index is 4.20. The lowest BCUT2D eigenvalue weighted by atomic mass is 10.3. The molecule has 0 aromatic rings.